The van der Waals surface area contributed by atoms with E-state index < -0.39 is 61.2 Å². The lowest BCUT2D eigenvalue weighted by atomic mass is 9.85. The molecule has 0 unspecified atom stereocenters. The van der Waals surface area contributed by atoms with Gasteiger partial charge in [0, 0.05) is 0 Å². The van der Waals surface area contributed by atoms with Gasteiger partial charge in [-0.1, -0.05) is 0 Å². The van der Waals surface area contributed by atoms with E-state index in [2.05, 4.69) is 0 Å². The average molecular weight is 349 g/mol. The zero-order valence-corrected chi connectivity index (χ0v) is 14.7. The number of nitrogens with zero attached hydrogens (tertiary/aromatic N) is 1. The minimum Gasteiger partial charge on any atom is -0.442 e. The summed E-state index contributed by atoms with van der Waals surface area (Å²) < 4.78 is 16.9. The van der Waals surface area contributed by atoms with Crippen LogP contribution in [-0.4, -0.2) is 81.5 Å². The number of aliphatic hydroxyl groups is 3. The molecule has 0 aliphatic carbocycles. The SMILES string of the molecule is CC(C)(C)OC(=O)N1O[C@H](CO)[C@]2(CO)OC(C)(C)O[C@@H]2[C@@H]1CO. The fourth-order valence-electron chi connectivity index (χ4n) is 3.09. The monoisotopic (exact) mass is 349 g/mol. The van der Waals surface area contributed by atoms with Gasteiger partial charge in [0.25, 0.3) is 0 Å². The van der Waals surface area contributed by atoms with E-state index in [9.17, 15) is 20.1 Å². The molecular formula is C15H27NO8. The van der Waals surface area contributed by atoms with E-state index in [4.69, 9.17) is 19.0 Å². The van der Waals surface area contributed by atoms with E-state index >= 15 is 0 Å². The highest BCUT2D eigenvalue weighted by Crippen LogP contribution is 2.45. The number of rotatable bonds is 3. The molecule has 140 valence electrons. The van der Waals surface area contributed by atoms with Gasteiger partial charge in [0.2, 0.25) is 0 Å². The first kappa shape index (κ1) is 19.4. The number of hydroxylamine groups is 2. The van der Waals surface area contributed by atoms with Crippen LogP contribution in [0.1, 0.15) is 34.6 Å². The van der Waals surface area contributed by atoms with Gasteiger partial charge in [-0.25, -0.2) is 4.79 Å². The molecule has 2 rings (SSSR count). The van der Waals surface area contributed by atoms with Crippen molar-refractivity contribution < 1.29 is 39.2 Å². The topological polar surface area (TPSA) is 118 Å². The van der Waals surface area contributed by atoms with Crippen LogP contribution in [0.3, 0.4) is 0 Å². The Bertz CT molecular complexity index is 477. The lowest BCUT2D eigenvalue weighted by Crippen LogP contribution is -2.70. The molecule has 1 amide bonds. The maximum Gasteiger partial charge on any atom is 0.434 e. The molecule has 2 aliphatic heterocycles. The Balaban J connectivity index is 2.37. The fourth-order valence-corrected chi connectivity index (χ4v) is 3.09. The number of fused-ring (bicyclic) bond motifs is 1. The van der Waals surface area contributed by atoms with Crippen LogP contribution < -0.4 is 0 Å². The van der Waals surface area contributed by atoms with Gasteiger partial charge in [-0.2, -0.15) is 5.06 Å². The second-order valence-electron chi connectivity index (χ2n) is 7.49. The highest BCUT2D eigenvalue weighted by Gasteiger charge is 2.65. The van der Waals surface area contributed by atoms with Crippen LogP contribution in [-0.2, 0) is 19.0 Å². The number of aliphatic hydroxyl groups excluding tert-OH is 3. The maximum absolute atomic E-state index is 12.4. The van der Waals surface area contributed by atoms with Crippen LogP contribution in [0, 0.1) is 0 Å². The molecule has 2 saturated heterocycles. The van der Waals surface area contributed by atoms with Gasteiger partial charge in [-0.05, 0) is 34.6 Å². The third-order valence-corrected chi connectivity index (χ3v) is 3.94. The Kier molecular flexibility index (Phi) is 5.16. The summed E-state index contributed by atoms with van der Waals surface area (Å²) in [4.78, 5) is 17.9. The third kappa shape index (κ3) is 3.37. The maximum atomic E-state index is 12.4. The number of ether oxygens (including phenoxy) is 3. The largest absolute Gasteiger partial charge is 0.442 e. The zero-order valence-electron chi connectivity index (χ0n) is 14.7. The van der Waals surface area contributed by atoms with E-state index in [0.717, 1.165) is 5.06 Å². The second-order valence-corrected chi connectivity index (χ2v) is 7.49. The van der Waals surface area contributed by atoms with E-state index in [1.165, 1.54) is 0 Å². The smallest absolute Gasteiger partial charge is 0.434 e. The lowest BCUT2D eigenvalue weighted by molar-refractivity contribution is -0.315. The van der Waals surface area contributed by atoms with Crippen LogP contribution in [0.25, 0.3) is 0 Å². The van der Waals surface area contributed by atoms with Gasteiger partial charge in [0.1, 0.15) is 23.9 Å². The van der Waals surface area contributed by atoms with Crippen LogP contribution in [0.15, 0.2) is 0 Å². The van der Waals surface area contributed by atoms with Gasteiger partial charge >= 0.3 is 6.09 Å². The molecule has 0 aromatic heterocycles. The van der Waals surface area contributed by atoms with Gasteiger partial charge in [-0.15, -0.1) is 0 Å². The molecule has 2 fully saturated rings. The molecule has 4 atom stereocenters. The molecule has 0 radical (unpaired) electrons. The Morgan fingerprint density at radius 1 is 1.21 bits per heavy atom. The molecule has 2 heterocycles. The van der Waals surface area contributed by atoms with Crippen molar-refractivity contribution in [2.24, 2.45) is 0 Å². The molecule has 0 spiro atoms. The number of hydrogen-bond donors (Lipinski definition) is 3. The van der Waals surface area contributed by atoms with Crippen molar-refractivity contribution in [1.29, 1.82) is 0 Å². The molecular weight excluding hydrogens is 322 g/mol. The summed E-state index contributed by atoms with van der Waals surface area (Å²) in [6.07, 6.45) is -2.79. The fraction of sp³-hybridized carbons (Fsp3) is 0.933. The van der Waals surface area contributed by atoms with Crippen molar-refractivity contribution in [1.82, 2.24) is 5.06 Å². The number of carbonyl (C=O) groups excluding carboxylic acids is 1. The van der Waals surface area contributed by atoms with E-state index in [-0.39, 0.29) is 0 Å². The van der Waals surface area contributed by atoms with Gasteiger partial charge in [0.05, 0.1) is 19.8 Å². The first-order valence-electron chi connectivity index (χ1n) is 7.89. The number of hydrogen-bond acceptors (Lipinski definition) is 8. The summed E-state index contributed by atoms with van der Waals surface area (Å²) in [5.41, 5.74) is -2.17. The highest BCUT2D eigenvalue weighted by molar-refractivity contribution is 5.67. The highest BCUT2D eigenvalue weighted by atomic mass is 16.8. The van der Waals surface area contributed by atoms with Crippen LogP contribution >= 0.6 is 0 Å². The van der Waals surface area contributed by atoms with Crippen LogP contribution in [0.5, 0.6) is 0 Å². The van der Waals surface area contributed by atoms with Crippen molar-refractivity contribution in [2.75, 3.05) is 19.8 Å². The molecule has 9 nitrogen and oxygen atoms in total. The number of carbonyl (C=O) groups is 1. The van der Waals surface area contributed by atoms with Gasteiger partial charge in [0.15, 0.2) is 11.4 Å². The van der Waals surface area contributed by atoms with E-state index in [1.54, 1.807) is 34.6 Å². The van der Waals surface area contributed by atoms with Crippen molar-refractivity contribution >= 4 is 6.09 Å². The molecule has 0 aromatic rings. The van der Waals surface area contributed by atoms with E-state index in [0.29, 0.717) is 0 Å². The quantitative estimate of drug-likeness (QED) is 0.640. The minimum atomic E-state index is -1.40. The van der Waals surface area contributed by atoms with Gasteiger partial charge in [-0.3, -0.25) is 4.84 Å². The lowest BCUT2D eigenvalue weighted by Gasteiger charge is -2.48. The van der Waals surface area contributed by atoms with E-state index in [1.807, 2.05) is 0 Å². The molecule has 3 N–H and O–H groups in total. The Morgan fingerprint density at radius 2 is 1.83 bits per heavy atom. The van der Waals surface area contributed by atoms with Crippen molar-refractivity contribution in [2.45, 2.75) is 69.9 Å². The van der Waals surface area contributed by atoms with Crippen LogP contribution in [0.2, 0.25) is 0 Å². The average Bonchev–Trinajstić information content (AvgIpc) is 2.74. The van der Waals surface area contributed by atoms with Crippen molar-refractivity contribution in [3.63, 3.8) is 0 Å². The Labute approximate surface area is 141 Å². The standard InChI is InChI=1S/C15H27NO8/c1-13(2,3)22-12(20)16-9(6-17)11-15(8-19,10(7-18)23-16)24-14(4,5)21-11/h9-11,17-19H,6-8H2,1-5H3/t9-,10+,11+,15-/m0/s1. The summed E-state index contributed by atoms with van der Waals surface area (Å²) in [6.45, 7) is 6.85. The molecule has 24 heavy (non-hydrogen) atoms. The molecule has 9 heteroatoms. The summed E-state index contributed by atoms with van der Waals surface area (Å²) in [5, 5.41) is 30.2. The van der Waals surface area contributed by atoms with Gasteiger partial charge < -0.3 is 29.5 Å². The summed E-state index contributed by atoms with van der Waals surface area (Å²) >= 11 is 0. The van der Waals surface area contributed by atoms with Crippen LogP contribution in [0.4, 0.5) is 4.79 Å². The first-order valence-corrected chi connectivity index (χ1v) is 7.89. The normalized spacial score (nSPS) is 35.7. The molecule has 0 bridgehead atoms. The second kappa shape index (κ2) is 6.40. The summed E-state index contributed by atoms with van der Waals surface area (Å²) in [6, 6.07) is -0.962. The zero-order chi connectivity index (χ0) is 18.3. The van der Waals surface area contributed by atoms with Crippen molar-refractivity contribution in [3.05, 3.63) is 0 Å². The molecule has 2 aliphatic rings. The number of amides is 1. The Morgan fingerprint density at radius 3 is 2.29 bits per heavy atom. The summed E-state index contributed by atoms with van der Waals surface area (Å²) in [7, 11) is 0. The minimum absolute atomic E-state index is 0.497. The predicted octanol–water partition coefficient (Wildman–Crippen LogP) is -0.227. The molecule has 0 aromatic carbocycles. The third-order valence-electron chi connectivity index (χ3n) is 3.94. The summed E-state index contributed by atoms with van der Waals surface area (Å²) in [5.74, 6) is -1.08. The predicted molar refractivity (Wildman–Crippen MR) is 80.8 cm³/mol. The first-order chi connectivity index (χ1) is 11.0. The Hall–Kier alpha value is -0.970. The molecule has 0 saturated carbocycles. The van der Waals surface area contributed by atoms with Crippen molar-refractivity contribution in [3.8, 4) is 0 Å².